The van der Waals surface area contributed by atoms with Crippen molar-refractivity contribution in [2.45, 2.75) is 46.6 Å². The zero-order valence-corrected chi connectivity index (χ0v) is 11.7. The lowest BCUT2D eigenvalue weighted by molar-refractivity contribution is -0.125. The largest absolute Gasteiger partial charge is 0.466 e. The fourth-order valence-electron chi connectivity index (χ4n) is 2.07. The van der Waals surface area contributed by atoms with Gasteiger partial charge in [-0.05, 0) is 46.2 Å². The second kappa shape index (κ2) is 6.59. The van der Waals surface area contributed by atoms with Gasteiger partial charge in [-0.15, -0.1) is 0 Å². The maximum Gasteiger partial charge on any atom is 0.223 e. The molecule has 0 bridgehead atoms. The monoisotopic (exact) mass is 252 g/mol. The van der Waals surface area contributed by atoms with Gasteiger partial charge in [0.1, 0.15) is 11.5 Å². The minimum absolute atomic E-state index is 0.00399. The number of carbonyl (C=O) groups excluding carboxylic acids is 1. The molecule has 0 aliphatic carbocycles. The number of hydrogen-bond donors (Lipinski definition) is 2. The highest BCUT2D eigenvalue weighted by atomic mass is 16.3. The van der Waals surface area contributed by atoms with Crippen molar-refractivity contribution < 1.29 is 9.21 Å². The molecule has 1 amide bonds. The molecule has 0 radical (unpaired) electrons. The molecule has 4 heteroatoms. The zero-order chi connectivity index (χ0) is 13.7. The summed E-state index contributed by atoms with van der Waals surface area (Å²) >= 11 is 0. The number of carbonyl (C=O) groups is 1. The predicted octanol–water partition coefficient (Wildman–Crippen LogP) is 2.45. The molecular weight excluding hydrogens is 228 g/mol. The van der Waals surface area contributed by atoms with Crippen LogP contribution in [-0.4, -0.2) is 12.5 Å². The van der Waals surface area contributed by atoms with E-state index in [9.17, 15) is 4.79 Å². The standard InChI is InChI=1S/C14H24N2O2/c1-9(6-5-7-15)14(17)16-11(3)13-8-10(2)18-12(13)4/h8-9,11H,5-7,15H2,1-4H3,(H,16,17). The maximum absolute atomic E-state index is 12.0. The third-order valence-electron chi connectivity index (χ3n) is 3.19. The number of nitrogens with two attached hydrogens (primary N) is 1. The number of furan rings is 1. The molecule has 2 atom stereocenters. The van der Waals surface area contributed by atoms with Crippen LogP contribution in [0.5, 0.6) is 0 Å². The Morgan fingerprint density at radius 1 is 1.44 bits per heavy atom. The van der Waals surface area contributed by atoms with Gasteiger partial charge >= 0.3 is 0 Å². The summed E-state index contributed by atoms with van der Waals surface area (Å²) in [6.45, 7) is 8.38. The Kier molecular flexibility index (Phi) is 5.41. The highest BCUT2D eigenvalue weighted by Crippen LogP contribution is 2.21. The molecule has 3 N–H and O–H groups in total. The summed E-state index contributed by atoms with van der Waals surface area (Å²) in [7, 11) is 0. The third-order valence-corrected chi connectivity index (χ3v) is 3.19. The van der Waals surface area contributed by atoms with E-state index < -0.39 is 0 Å². The molecule has 4 nitrogen and oxygen atoms in total. The number of amides is 1. The van der Waals surface area contributed by atoms with Gasteiger partial charge in [0.15, 0.2) is 0 Å². The van der Waals surface area contributed by atoms with Crippen LogP contribution in [0.25, 0.3) is 0 Å². The first-order chi connectivity index (χ1) is 8.45. The lowest BCUT2D eigenvalue weighted by Gasteiger charge is -2.17. The highest BCUT2D eigenvalue weighted by Gasteiger charge is 2.18. The maximum atomic E-state index is 12.0. The number of rotatable bonds is 6. The van der Waals surface area contributed by atoms with Gasteiger partial charge in [-0.2, -0.15) is 0 Å². The molecule has 0 aliphatic rings. The van der Waals surface area contributed by atoms with Gasteiger partial charge < -0.3 is 15.5 Å². The van der Waals surface area contributed by atoms with Crippen molar-refractivity contribution in [3.8, 4) is 0 Å². The summed E-state index contributed by atoms with van der Waals surface area (Å²) < 4.78 is 5.47. The van der Waals surface area contributed by atoms with E-state index in [1.165, 1.54) is 0 Å². The van der Waals surface area contributed by atoms with Gasteiger partial charge in [-0.1, -0.05) is 6.92 Å². The van der Waals surface area contributed by atoms with Gasteiger partial charge in [0, 0.05) is 11.5 Å². The highest BCUT2D eigenvalue weighted by molar-refractivity contribution is 5.78. The first kappa shape index (κ1) is 14.8. The van der Waals surface area contributed by atoms with Gasteiger partial charge in [0.2, 0.25) is 5.91 Å². The molecule has 0 aromatic carbocycles. The summed E-state index contributed by atoms with van der Waals surface area (Å²) in [6, 6.07) is 1.96. The Morgan fingerprint density at radius 2 is 2.11 bits per heavy atom. The molecule has 102 valence electrons. The molecule has 2 unspecified atom stereocenters. The predicted molar refractivity (Wildman–Crippen MR) is 72.2 cm³/mol. The van der Waals surface area contributed by atoms with Crippen molar-refractivity contribution in [3.05, 3.63) is 23.2 Å². The van der Waals surface area contributed by atoms with E-state index in [0.29, 0.717) is 6.54 Å². The lowest BCUT2D eigenvalue weighted by atomic mass is 10.0. The van der Waals surface area contributed by atoms with Crippen molar-refractivity contribution in [2.75, 3.05) is 6.54 Å². The van der Waals surface area contributed by atoms with E-state index in [-0.39, 0.29) is 17.9 Å². The minimum atomic E-state index is -0.0183. The van der Waals surface area contributed by atoms with Crippen LogP contribution in [0.3, 0.4) is 0 Å². The van der Waals surface area contributed by atoms with Crippen molar-refractivity contribution in [2.24, 2.45) is 11.7 Å². The number of hydrogen-bond acceptors (Lipinski definition) is 3. The van der Waals surface area contributed by atoms with Crippen molar-refractivity contribution in [3.63, 3.8) is 0 Å². The second-order valence-electron chi connectivity index (χ2n) is 4.93. The summed E-state index contributed by atoms with van der Waals surface area (Å²) in [4.78, 5) is 12.0. The van der Waals surface area contributed by atoms with E-state index in [4.69, 9.17) is 10.2 Å². The van der Waals surface area contributed by atoms with Crippen LogP contribution in [0, 0.1) is 19.8 Å². The van der Waals surface area contributed by atoms with Gasteiger partial charge in [-0.3, -0.25) is 4.79 Å². The van der Waals surface area contributed by atoms with Crippen LogP contribution in [0.2, 0.25) is 0 Å². The van der Waals surface area contributed by atoms with Crippen molar-refractivity contribution in [1.82, 2.24) is 5.32 Å². The quantitative estimate of drug-likeness (QED) is 0.817. The SMILES string of the molecule is Cc1cc(C(C)NC(=O)C(C)CCCN)c(C)o1. The average Bonchev–Trinajstić information content (AvgIpc) is 2.65. The zero-order valence-electron chi connectivity index (χ0n) is 11.7. The summed E-state index contributed by atoms with van der Waals surface area (Å²) in [5, 5.41) is 3.02. The van der Waals surface area contributed by atoms with Crippen LogP contribution < -0.4 is 11.1 Å². The molecule has 18 heavy (non-hydrogen) atoms. The van der Waals surface area contributed by atoms with Crippen LogP contribution in [0.4, 0.5) is 0 Å². The van der Waals surface area contributed by atoms with Gasteiger partial charge in [-0.25, -0.2) is 0 Å². The average molecular weight is 252 g/mol. The molecule has 1 aromatic rings. The third kappa shape index (κ3) is 3.88. The molecule has 1 heterocycles. The summed E-state index contributed by atoms with van der Waals surface area (Å²) in [6.07, 6.45) is 1.71. The van der Waals surface area contributed by atoms with E-state index >= 15 is 0 Å². The summed E-state index contributed by atoms with van der Waals surface area (Å²) in [5.41, 5.74) is 6.50. The molecule has 1 aromatic heterocycles. The second-order valence-corrected chi connectivity index (χ2v) is 4.93. The van der Waals surface area contributed by atoms with Crippen LogP contribution in [-0.2, 0) is 4.79 Å². The fourth-order valence-corrected chi connectivity index (χ4v) is 2.07. The fraction of sp³-hybridized carbons (Fsp3) is 0.643. The molecule has 0 aliphatic heterocycles. The Hall–Kier alpha value is -1.29. The normalized spacial score (nSPS) is 14.3. The van der Waals surface area contributed by atoms with Gasteiger partial charge in [0.05, 0.1) is 6.04 Å². The van der Waals surface area contributed by atoms with E-state index in [1.54, 1.807) is 0 Å². The molecule has 1 rings (SSSR count). The molecule has 0 saturated heterocycles. The minimum Gasteiger partial charge on any atom is -0.466 e. The van der Waals surface area contributed by atoms with E-state index in [2.05, 4.69) is 5.32 Å². The van der Waals surface area contributed by atoms with Crippen molar-refractivity contribution in [1.29, 1.82) is 0 Å². The molecule has 0 fully saturated rings. The van der Waals surface area contributed by atoms with Crippen LogP contribution in [0.1, 0.15) is 49.8 Å². The van der Waals surface area contributed by atoms with E-state index in [1.807, 2.05) is 33.8 Å². The Morgan fingerprint density at radius 3 is 2.61 bits per heavy atom. The van der Waals surface area contributed by atoms with Crippen LogP contribution in [0.15, 0.2) is 10.5 Å². The summed E-state index contributed by atoms with van der Waals surface area (Å²) in [5.74, 6) is 1.83. The van der Waals surface area contributed by atoms with Crippen molar-refractivity contribution >= 4 is 5.91 Å². The Bertz CT molecular complexity index is 398. The Balaban J connectivity index is 2.56. The van der Waals surface area contributed by atoms with Crippen LogP contribution >= 0.6 is 0 Å². The van der Waals surface area contributed by atoms with Gasteiger partial charge in [0.25, 0.3) is 0 Å². The first-order valence-electron chi connectivity index (χ1n) is 6.53. The Labute approximate surface area is 109 Å². The molecule has 0 spiro atoms. The van der Waals surface area contributed by atoms with E-state index in [0.717, 1.165) is 29.9 Å². The smallest absolute Gasteiger partial charge is 0.223 e. The molecular formula is C14H24N2O2. The number of nitrogens with one attached hydrogen (secondary N) is 1. The lowest BCUT2D eigenvalue weighted by Crippen LogP contribution is -2.31. The number of aryl methyl sites for hydroxylation is 2. The molecule has 0 saturated carbocycles. The topological polar surface area (TPSA) is 68.3 Å². The first-order valence-corrected chi connectivity index (χ1v) is 6.53.